The molecule has 0 aromatic heterocycles. The Morgan fingerprint density at radius 2 is 1.85 bits per heavy atom. The first-order chi connectivity index (χ1) is 13.0. The zero-order chi connectivity index (χ0) is 19.0. The number of nitrogens with one attached hydrogen (secondary N) is 1. The van der Waals surface area contributed by atoms with Crippen LogP contribution in [0.2, 0.25) is 0 Å². The van der Waals surface area contributed by atoms with Gasteiger partial charge in [-0.1, -0.05) is 0 Å². The topological polar surface area (TPSA) is 71.3 Å². The lowest BCUT2D eigenvalue weighted by Gasteiger charge is -2.59. The minimum atomic E-state index is -0.0929. The van der Waals surface area contributed by atoms with Crippen molar-refractivity contribution in [3.63, 3.8) is 0 Å². The van der Waals surface area contributed by atoms with Crippen molar-refractivity contribution in [1.82, 2.24) is 5.32 Å². The fraction of sp³-hybridized carbons (Fsp3) is 0.636. The first-order valence-electron chi connectivity index (χ1n) is 10.0. The molecule has 1 aromatic rings. The summed E-state index contributed by atoms with van der Waals surface area (Å²) in [6.45, 7) is 2.13. The zero-order valence-electron chi connectivity index (χ0n) is 16.2. The number of nitrogens with zero attached hydrogens (tertiary/aromatic N) is 1. The summed E-state index contributed by atoms with van der Waals surface area (Å²) < 4.78 is 10.9. The van der Waals surface area contributed by atoms with Gasteiger partial charge in [-0.25, -0.2) is 0 Å². The van der Waals surface area contributed by atoms with Crippen molar-refractivity contribution >= 4 is 5.91 Å². The summed E-state index contributed by atoms with van der Waals surface area (Å²) in [5.74, 6) is 3.47. The van der Waals surface area contributed by atoms with Crippen LogP contribution in [0.3, 0.4) is 0 Å². The molecule has 0 aliphatic heterocycles. The average molecular weight is 368 g/mol. The number of rotatable bonds is 6. The number of ether oxygens (including phenoxy) is 2. The maximum absolute atomic E-state index is 12.5. The summed E-state index contributed by atoms with van der Waals surface area (Å²) in [5.41, 5.74) is 0.787. The van der Waals surface area contributed by atoms with E-state index in [1.807, 2.05) is 0 Å². The summed E-state index contributed by atoms with van der Waals surface area (Å²) in [4.78, 5) is 12.5. The molecule has 4 fully saturated rings. The van der Waals surface area contributed by atoms with E-state index in [9.17, 15) is 4.79 Å². The molecule has 1 aromatic carbocycles. The fourth-order valence-electron chi connectivity index (χ4n) is 6.14. The van der Waals surface area contributed by atoms with Gasteiger partial charge in [-0.3, -0.25) is 4.79 Å². The summed E-state index contributed by atoms with van der Waals surface area (Å²) >= 11 is 0. The summed E-state index contributed by atoms with van der Waals surface area (Å²) in [5, 5.41) is 12.2. The Balaban J connectivity index is 1.35. The Labute approximate surface area is 161 Å². The lowest BCUT2D eigenvalue weighted by atomic mass is 9.48. The smallest absolute Gasteiger partial charge is 0.258 e. The van der Waals surface area contributed by atoms with Gasteiger partial charge in [-0.15, -0.1) is 0 Å². The number of benzene rings is 1. The van der Waals surface area contributed by atoms with E-state index in [1.165, 1.54) is 45.6 Å². The van der Waals surface area contributed by atoms with Crippen LogP contribution in [0.25, 0.3) is 0 Å². The monoisotopic (exact) mass is 368 g/mol. The molecule has 0 spiro atoms. The van der Waals surface area contributed by atoms with Crippen LogP contribution in [0.4, 0.5) is 0 Å². The van der Waals surface area contributed by atoms with Crippen molar-refractivity contribution < 1.29 is 14.3 Å². The molecule has 4 aliphatic carbocycles. The molecule has 27 heavy (non-hydrogen) atoms. The van der Waals surface area contributed by atoms with Crippen LogP contribution in [-0.4, -0.2) is 25.7 Å². The molecule has 4 aliphatic rings. The van der Waals surface area contributed by atoms with Gasteiger partial charge in [0.25, 0.3) is 5.91 Å². The van der Waals surface area contributed by atoms with Gasteiger partial charge >= 0.3 is 0 Å². The first kappa shape index (κ1) is 18.2. The van der Waals surface area contributed by atoms with E-state index in [-0.39, 0.29) is 24.0 Å². The predicted octanol–water partition coefficient (Wildman–Crippen LogP) is 3.67. The second-order valence-corrected chi connectivity index (χ2v) is 8.84. The van der Waals surface area contributed by atoms with E-state index in [0.717, 1.165) is 17.8 Å². The Hall–Kier alpha value is -2.22. The summed E-state index contributed by atoms with van der Waals surface area (Å²) in [6, 6.07) is 7.20. The van der Waals surface area contributed by atoms with E-state index in [4.69, 9.17) is 14.7 Å². The first-order valence-corrected chi connectivity index (χ1v) is 10.0. The second-order valence-electron chi connectivity index (χ2n) is 8.84. The third-order valence-corrected chi connectivity index (χ3v) is 7.03. The van der Waals surface area contributed by atoms with E-state index < -0.39 is 0 Å². The standard InChI is InChI=1S/C22H28N2O3/c1-14(22-9-16-5-17(10-22)7-18(6-16)11-22)24-21(25)13-27-19-4-3-15(12-23)8-20(19)26-2/h3-4,8,14,16-18H,5-7,9-11,13H2,1-2H3,(H,24,25)/t14-,16?,17?,18?,22?/m1/s1. The van der Waals surface area contributed by atoms with Crippen molar-refractivity contribution in [3.8, 4) is 17.6 Å². The van der Waals surface area contributed by atoms with Crippen LogP contribution in [0, 0.1) is 34.5 Å². The molecule has 0 radical (unpaired) electrons. The number of hydrogen-bond donors (Lipinski definition) is 1. The van der Waals surface area contributed by atoms with Crippen LogP contribution in [0.1, 0.15) is 51.0 Å². The van der Waals surface area contributed by atoms with Gasteiger partial charge in [0.2, 0.25) is 0 Å². The lowest BCUT2D eigenvalue weighted by molar-refractivity contribution is -0.127. The molecule has 5 nitrogen and oxygen atoms in total. The second kappa shape index (κ2) is 7.07. The lowest BCUT2D eigenvalue weighted by Crippen LogP contribution is -2.56. The molecule has 5 heteroatoms. The predicted molar refractivity (Wildman–Crippen MR) is 101 cm³/mol. The number of hydrogen-bond acceptors (Lipinski definition) is 4. The largest absolute Gasteiger partial charge is 0.493 e. The molecular weight excluding hydrogens is 340 g/mol. The summed E-state index contributed by atoms with van der Waals surface area (Å²) in [6.07, 6.45) is 8.02. The molecule has 4 saturated carbocycles. The highest BCUT2D eigenvalue weighted by molar-refractivity contribution is 5.78. The highest BCUT2D eigenvalue weighted by Gasteiger charge is 2.53. The van der Waals surface area contributed by atoms with Crippen LogP contribution < -0.4 is 14.8 Å². The van der Waals surface area contributed by atoms with Crippen molar-refractivity contribution in [2.24, 2.45) is 23.2 Å². The van der Waals surface area contributed by atoms with Gasteiger partial charge in [-0.05, 0) is 80.8 Å². The van der Waals surface area contributed by atoms with Gasteiger partial charge in [0.15, 0.2) is 18.1 Å². The number of nitriles is 1. The van der Waals surface area contributed by atoms with Crippen molar-refractivity contribution in [2.45, 2.75) is 51.5 Å². The number of amides is 1. The highest BCUT2D eigenvalue weighted by atomic mass is 16.5. The maximum Gasteiger partial charge on any atom is 0.258 e. The quantitative estimate of drug-likeness (QED) is 0.832. The van der Waals surface area contributed by atoms with Gasteiger partial charge in [0.05, 0.1) is 18.7 Å². The third kappa shape index (κ3) is 3.50. The van der Waals surface area contributed by atoms with Gasteiger partial charge in [0, 0.05) is 12.1 Å². The number of methoxy groups -OCH3 is 1. The average Bonchev–Trinajstić information content (AvgIpc) is 2.65. The van der Waals surface area contributed by atoms with Crippen molar-refractivity contribution in [2.75, 3.05) is 13.7 Å². The molecule has 1 amide bonds. The van der Waals surface area contributed by atoms with Crippen LogP contribution in [0.5, 0.6) is 11.5 Å². The van der Waals surface area contributed by atoms with Gasteiger partial charge < -0.3 is 14.8 Å². The normalized spacial score (nSPS) is 31.8. The van der Waals surface area contributed by atoms with Gasteiger partial charge in [0.1, 0.15) is 0 Å². The van der Waals surface area contributed by atoms with Crippen LogP contribution in [-0.2, 0) is 4.79 Å². The van der Waals surface area contributed by atoms with E-state index >= 15 is 0 Å². The molecule has 4 bridgehead atoms. The van der Waals surface area contributed by atoms with E-state index in [2.05, 4.69) is 18.3 Å². The zero-order valence-corrected chi connectivity index (χ0v) is 16.2. The maximum atomic E-state index is 12.5. The molecule has 0 saturated heterocycles. The molecular formula is C22H28N2O3. The Morgan fingerprint density at radius 3 is 2.41 bits per heavy atom. The minimum Gasteiger partial charge on any atom is -0.493 e. The molecule has 5 rings (SSSR count). The molecule has 144 valence electrons. The Bertz CT molecular complexity index is 732. The highest BCUT2D eigenvalue weighted by Crippen LogP contribution is 2.61. The molecule has 1 atom stereocenters. The van der Waals surface area contributed by atoms with Crippen molar-refractivity contribution in [1.29, 1.82) is 5.26 Å². The number of carbonyl (C=O) groups excluding carboxylic acids is 1. The Morgan fingerprint density at radius 1 is 1.22 bits per heavy atom. The Kier molecular flexibility index (Phi) is 4.75. The molecule has 1 N–H and O–H groups in total. The SMILES string of the molecule is COc1cc(C#N)ccc1OCC(=O)N[C@H](C)C12CC3CC(CC(C3)C1)C2. The fourth-order valence-corrected chi connectivity index (χ4v) is 6.14. The van der Waals surface area contributed by atoms with Gasteiger partial charge in [-0.2, -0.15) is 5.26 Å². The number of carbonyl (C=O) groups is 1. The van der Waals surface area contributed by atoms with Crippen LogP contribution in [0.15, 0.2) is 18.2 Å². The van der Waals surface area contributed by atoms with Crippen LogP contribution >= 0.6 is 0 Å². The third-order valence-electron chi connectivity index (χ3n) is 7.03. The van der Waals surface area contributed by atoms with E-state index in [1.54, 1.807) is 18.2 Å². The minimum absolute atomic E-state index is 0.0427. The van der Waals surface area contributed by atoms with E-state index in [0.29, 0.717) is 17.1 Å². The molecule has 0 unspecified atom stereocenters. The van der Waals surface area contributed by atoms with Crippen molar-refractivity contribution in [3.05, 3.63) is 23.8 Å². The summed E-state index contributed by atoms with van der Waals surface area (Å²) in [7, 11) is 1.53. The molecule has 0 heterocycles.